The van der Waals surface area contributed by atoms with Gasteiger partial charge in [-0.05, 0) is 18.1 Å². The minimum Gasteiger partial charge on any atom is -0.480 e. The van der Waals surface area contributed by atoms with Crippen LogP contribution in [0.15, 0.2) is 18.2 Å². The predicted octanol–water partition coefficient (Wildman–Crippen LogP) is 0.0354. The number of nitrogens with two attached hydrogens (primary N) is 1. The minimum absolute atomic E-state index is 0.0162. The minimum atomic E-state index is -1.65. The smallest absolute Gasteiger partial charge is 0.330 e. The summed E-state index contributed by atoms with van der Waals surface area (Å²) in [4.78, 5) is 21.5. The number of hydrogen-bond donors (Lipinski definition) is 3. The van der Waals surface area contributed by atoms with E-state index >= 15 is 0 Å². The number of amides is 1. The van der Waals surface area contributed by atoms with Gasteiger partial charge in [0.05, 0.1) is 0 Å². The number of nitrogens with one attached hydrogen (secondary N) is 1. The molecule has 1 unspecified atom stereocenters. The van der Waals surface area contributed by atoms with Crippen LogP contribution in [0.1, 0.15) is 5.56 Å². The Bertz CT molecular complexity index is 466. The van der Waals surface area contributed by atoms with Gasteiger partial charge in [-0.15, -0.1) is 0 Å². The first-order chi connectivity index (χ1) is 8.41. The number of benzene rings is 1. The lowest BCUT2D eigenvalue weighted by molar-refractivity contribution is -0.142. The Morgan fingerprint density at radius 3 is 2.61 bits per heavy atom. The maximum absolute atomic E-state index is 13.2. The average Bonchev–Trinajstić information content (AvgIpc) is 2.30. The summed E-state index contributed by atoms with van der Waals surface area (Å²) in [6.07, 6.45) is 0.115. The first-order valence-corrected chi connectivity index (χ1v) is 5.12. The van der Waals surface area contributed by atoms with Crippen LogP contribution in [-0.2, 0) is 16.0 Å². The number of carboxylic acid groups (broad SMARTS) is 1. The van der Waals surface area contributed by atoms with Crippen LogP contribution in [0.2, 0.25) is 0 Å². The molecule has 1 aromatic carbocycles. The highest BCUT2D eigenvalue weighted by molar-refractivity contribution is 6.00. The summed E-state index contributed by atoms with van der Waals surface area (Å²) in [5.74, 6) is -3.70. The molecule has 0 aromatic heterocycles. The molecule has 1 atom stereocenters. The summed E-state index contributed by atoms with van der Waals surface area (Å²) < 4.78 is 25.8. The molecule has 0 saturated heterocycles. The van der Waals surface area contributed by atoms with Gasteiger partial charge >= 0.3 is 5.97 Å². The van der Waals surface area contributed by atoms with Gasteiger partial charge in [-0.1, -0.05) is 6.07 Å². The number of halogens is 2. The fourth-order valence-corrected chi connectivity index (χ4v) is 1.27. The molecule has 98 valence electrons. The van der Waals surface area contributed by atoms with Crippen molar-refractivity contribution in [3.05, 3.63) is 35.4 Å². The van der Waals surface area contributed by atoms with Crippen LogP contribution in [0.5, 0.6) is 0 Å². The molecule has 5 nitrogen and oxygen atoms in total. The Labute approximate surface area is 102 Å². The molecule has 0 radical (unpaired) electrons. The number of aliphatic carboxylic acids is 1. The van der Waals surface area contributed by atoms with Gasteiger partial charge in [0.2, 0.25) is 5.91 Å². The van der Waals surface area contributed by atoms with Crippen molar-refractivity contribution in [1.82, 2.24) is 5.32 Å². The van der Waals surface area contributed by atoms with E-state index in [0.29, 0.717) is 0 Å². The van der Waals surface area contributed by atoms with E-state index in [1.165, 1.54) is 6.07 Å². The van der Waals surface area contributed by atoms with Crippen LogP contribution in [0, 0.1) is 11.6 Å². The molecule has 7 heteroatoms. The quantitative estimate of drug-likeness (QED) is 0.650. The van der Waals surface area contributed by atoms with Gasteiger partial charge in [0.1, 0.15) is 11.6 Å². The lowest BCUT2D eigenvalue weighted by Crippen LogP contribution is -2.46. The molecular formula is C11H12F2N2O3. The maximum Gasteiger partial charge on any atom is 0.330 e. The van der Waals surface area contributed by atoms with Crippen molar-refractivity contribution >= 4 is 11.9 Å². The molecule has 0 aliphatic heterocycles. The van der Waals surface area contributed by atoms with Crippen LogP contribution in [0.25, 0.3) is 0 Å². The largest absolute Gasteiger partial charge is 0.480 e. The van der Waals surface area contributed by atoms with Crippen molar-refractivity contribution in [3.8, 4) is 0 Å². The molecule has 1 aromatic rings. The molecule has 0 aliphatic carbocycles. The fourth-order valence-electron chi connectivity index (χ4n) is 1.27. The van der Waals surface area contributed by atoms with Crippen LogP contribution >= 0.6 is 0 Å². The normalized spacial score (nSPS) is 11.9. The third kappa shape index (κ3) is 3.77. The van der Waals surface area contributed by atoms with Crippen LogP contribution in [0.4, 0.5) is 8.78 Å². The Morgan fingerprint density at radius 2 is 2.06 bits per heavy atom. The monoisotopic (exact) mass is 258 g/mol. The SMILES string of the molecule is NC(C(=O)O)C(=O)NCCc1ccc(F)cc1F. The summed E-state index contributed by atoms with van der Waals surface area (Å²) in [5, 5.41) is 10.7. The van der Waals surface area contributed by atoms with Crippen molar-refractivity contribution in [2.24, 2.45) is 5.73 Å². The zero-order chi connectivity index (χ0) is 13.7. The van der Waals surface area contributed by atoms with Crippen molar-refractivity contribution in [3.63, 3.8) is 0 Å². The lowest BCUT2D eigenvalue weighted by Gasteiger charge is -2.08. The molecule has 0 heterocycles. The van der Waals surface area contributed by atoms with Gasteiger partial charge in [0.25, 0.3) is 0 Å². The van der Waals surface area contributed by atoms with E-state index in [2.05, 4.69) is 5.32 Å². The number of carbonyl (C=O) groups is 2. The fraction of sp³-hybridized carbons (Fsp3) is 0.273. The Kier molecular flexibility index (Phi) is 4.73. The van der Waals surface area contributed by atoms with E-state index in [9.17, 15) is 18.4 Å². The van der Waals surface area contributed by atoms with E-state index in [0.717, 1.165) is 12.1 Å². The van der Waals surface area contributed by atoms with Gasteiger partial charge in [0, 0.05) is 12.6 Å². The van der Waals surface area contributed by atoms with E-state index in [1.54, 1.807) is 0 Å². The second kappa shape index (κ2) is 6.06. The molecule has 0 saturated carbocycles. The second-order valence-electron chi connectivity index (χ2n) is 3.59. The first-order valence-electron chi connectivity index (χ1n) is 5.12. The molecule has 4 N–H and O–H groups in total. The molecule has 0 bridgehead atoms. The van der Waals surface area contributed by atoms with Gasteiger partial charge < -0.3 is 16.2 Å². The maximum atomic E-state index is 13.2. The topological polar surface area (TPSA) is 92.4 Å². The van der Waals surface area contributed by atoms with Crippen LogP contribution in [0.3, 0.4) is 0 Å². The molecule has 18 heavy (non-hydrogen) atoms. The summed E-state index contributed by atoms with van der Waals surface area (Å²) >= 11 is 0. The van der Waals surface area contributed by atoms with Gasteiger partial charge in [-0.25, -0.2) is 13.6 Å². The van der Waals surface area contributed by atoms with Crippen LogP contribution < -0.4 is 11.1 Å². The van der Waals surface area contributed by atoms with Crippen molar-refractivity contribution < 1.29 is 23.5 Å². The van der Waals surface area contributed by atoms with E-state index < -0.39 is 29.6 Å². The second-order valence-corrected chi connectivity index (χ2v) is 3.59. The van der Waals surface area contributed by atoms with Crippen LogP contribution in [-0.4, -0.2) is 29.6 Å². The standard InChI is InChI=1S/C11H12F2N2O3/c12-7-2-1-6(8(13)5-7)3-4-15-10(16)9(14)11(17)18/h1-2,5,9H,3-4,14H2,(H,15,16)(H,17,18). The van der Waals surface area contributed by atoms with Gasteiger partial charge in [-0.3, -0.25) is 4.79 Å². The predicted molar refractivity (Wildman–Crippen MR) is 58.7 cm³/mol. The van der Waals surface area contributed by atoms with E-state index in [1.807, 2.05) is 0 Å². The zero-order valence-electron chi connectivity index (χ0n) is 9.32. The van der Waals surface area contributed by atoms with E-state index in [4.69, 9.17) is 10.8 Å². The molecule has 1 rings (SSSR count). The highest BCUT2D eigenvalue weighted by atomic mass is 19.1. The molecule has 0 aliphatic rings. The Morgan fingerprint density at radius 1 is 1.39 bits per heavy atom. The summed E-state index contributed by atoms with van der Waals surface area (Å²) in [6, 6.07) is 1.44. The molecular weight excluding hydrogens is 246 g/mol. The van der Waals surface area contributed by atoms with Crippen molar-refractivity contribution in [2.45, 2.75) is 12.5 Å². The highest BCUT2D eigenvalue weighted by Gasteiger charge is 2.20. The Hall–Kier alpha value is -2.02. The van der Waals surface area contributed by atoms with Gasteiger partial charge in [-0.2, -0.15) is 0 Å². The van der Waals surface area contributed by atoms with Crippen molar-refractivity contribution in [2.75, 3.05) is 6.54 Å². The Balaban J connectivity index is 2.47. The van der Waals surface area contributed by atoms with E-state index in [-0.39, 0.29) is 18.5 Å². The summed E-state index contributed by atoms with van der Waals surface area (Å²) in [7, 11) is 0. The lowest BCUT2D eigenvalue weighted by atomic mass is 10.1. The van der Waals surface area contributed by atoms with Crippen molar-refractivity contribution in [1.29, 1.82) is 0 Å². The third-order valence-corrected chi connectivity index (χ3v) is 2.26. The molecule has 0 spiro atoms. The summed E-state index contributed by atoms with van der Waals surface area (Å²) in [6.45, 7) is 0.0162. The molecule has 1 amide bonds. The molecule has 0 fully saturated rings. The summed E-state index contributed by atoms with van der Waals surface area (Å²) in [5.41, 5.74) is 5.28. The number of rotatable bonds is 5. The highest BCUT2D eigenvalue weighted by Crippen LogP contribution is 2.09. The number of carboxylic acids is 1. The zero-order valence-corrected chi connectivity index (χ0v) is 9.32. The van der Waals surface area contributed by atoms with Gasteiger partial charge in [0.15, 0.2) is 6.04 Å². The number of carbonyl (C=O) groups excluding carboxylic acids is 1. The average molecular weight is 258 g/mol. The third-order valence-electron chi connectivity index (χ3n) is 2.26. The first kappa shape index (κ1) is 14.0. The number of hydrogen-bond acceptors (Lipinski definition) is 3.